The zero-order valence-corrected chi connectivity index (χ0v) is 16.2. The van der Waals surface area contributed by atoms with Gasteiger partial charge in [0.25, 0.3) is 11.8 Å². The highest BCUT2D eigenvalue weighted by Gasteiger charge is 2.73. The number of ether oxygens (including phenoxy) is 1. The predicted octanol–water partition coefficient (Wildman–Crippen LogP) is 3.77. The van der Waals surface area contributed by atoms with Gasteiger partial charge in [-0.2, -0.15) is 10.1 Å². The van der Waals surface area contributed by atoms with Crippen LogP contribution in [0, 0.1) is 29.1 Å². The lowest BCUT2D eigenvalue weighted by molar-refractivity contribution is -0.141. The van der Waals surface area contributed by atoms with Gasteiger partial charge in [0, 0.05) is 5.56 Å². The first-order chi connectivity index (χ1) is 14.2. The van der Waals surface area contributed by atoms with Crippen LogP contribution in [0.4, 0.5) is 0 Å². The first kappa shape index (κ1) is 17.0. The van der Waals surface area contributed by atoms with Crippen LogP contribution in [0.5, 0.6) is 5.75 Å². The van der Waals surface area contributed by atoms with Gasteiger partial charge in [-0.3, -0.25) is 9.59 Å². The molecule has 146 valence electrons. The molecule has 1 spiro atoms. The summed E-state index contributed by atoms with van der Waals surface area (Å²) in [5.74, 6) is 0.395. The maximum absolute atomic E-state index is 13.1. The van der Waals surface area contributed by atoms with Crippen LogP contribution >= 0.6 is 0 Å². The van der Waals surface area contributed by atoms with Crippen LogP contribution < -0.4 is 4.74 Å². The first-order valence-electron chi connectivity index (χ1n) is 10.4. The van der Waals surface area contributed by atoms with E-state index < -0.39 is 0 Å². The van der Waals surface area contributed by atoms with Crippen LogP contribution in [0.15, 0.2) is 53.7 Å². The molecule has 5 nitrogen and oxygen atoms in total. The summed E-state index contributed by atoms with van der Waals surface area (Å²) >= 11 is 0. The molecule has 4 atom stereocenters. The lowest BCUT2D eigenvalue weighted by Gasteiger charge is -2.19. The summed E-state index contributed by atoms with van der Waals surface area (Å²) in [4.78, 5) is 26.2. The van der Waals surface area contributed by atoms with Gasteiger partial charge < -0.3 is 4.74 Å². The Morgan fingerprint density at radius 1 is 1.07 bits per heavy atom. The molecule has 2 aromatic carbocycles. The van der Waals surface area contributed by atoms with Crippen molar-refractivity contribution in [3.8, 4) is 5.75 Å². The molecule has 1 aliphatic heterocycles. The zero-order valence-electron chi connectivity index (χ0n) is 16.2. The van der Waals surface area contributed by atoms with E-state index in [1.165, 1.54) is 0 Å². The molecule has 4 aliphatic rings. The van der Waals surface area contributed by atoms with Crippen molar-refractivity contribution in [3.05, 3.63) is 54.1 Å². The van der Waals surface area contributed by atoms with Crippen LogP contribution in [0.2, 0.25) is 0 Å². The maximum atomic E-state index is 13.1. The summed E-state index contributed by atoms with van der Waals surface area (Å²) in [7, 11) is 0. The number of allylic oxidation sites excluding steroid dienone is 2. The maximum Gasteiger partial charge on any atom is 0.254 e. The van der Waals surface area contributed by atoms with Gasteiger partial charge in [0.1, 0.15) is 5.75 Å². The van der Waals surface area contributed by atoms with E-state index in [0.717, 1.165) is 34.2 Å². The average molecular weight is 386 g/mol. The number of fused-ring (bicyclic) bond motifs is 4. The molecule has 2 bridgehead atoms. The number of carbonyl (C=O) groups is 2. The number of nitrogens with zero attached hydrogens (tertiary/aromatic N) is 2. The Morgan fingerprint density at radius 3 is 2.41 bits per heavy atom. The number of amides is 2. The summed E-state index contributed by atoms with van der Waals surface area (Å²) in [6.07, 6.45) is 8.25. The fraction of sp³-hybridized carbons (Fsp3) is 0.375. The molecule has 0 N–H and O–H groups in total. The van der Waals surface area contributed by atoms with Gasteiger partial charge in [-0.05, 0) is 53.9 Å². The van der Waals surface area contributed by atoms with Crippen molar-refractivity contribution in [2.45, 2.75) is 19.8 Å². The molecular formula is C24H22N2O3. The Bertz CT molecular complexity index is 1080. The molecule has 1 saturated heterocycles. The van der Waals surface area contributed by atoms with E-state index in [-0.39, 0.29) is 40.9 Å². The number of hydrazone groups is 1. The zero-order chi connectivity index (χ0) is 19.8. The van der Waals surface area contributed by atoms with Crippen molar-refractivity contribution in [1.29, 1.82) is 0 Å². The highest BCUT2D eigenvalue weighted by molar-refractivity contribution is 6.08. The van der Waals surface area contributed by atoms with Crippen LogP contribution in [0.25, 0.3) is 10.8 Å². The van der Waals surface area contributed by atoms with Crippen LogP contribution in [0.3, 0.4) is 0 Å². The van der Waals surface area contributed by atoms with Gasteiger partial charge in [0.15, 0.2) is 0 Å². The summed E-state index contributed by atoms with van der Waals surface area (Å²) in [6.45, 7) is 2.46. The van der Waals surface area contributed by atoms with E-state index in [2.05, 4.69) is 17.3 Å². The Labute approximate surface area is 169 Å². The average Bonchev–Trinajstić information content (AvgIpc) is 3.34. The van der Waals surface area contributed by atoms with Crippen molar-refractivity contribution in [1.82, 2.24) is 5.01 Å². The molecule has 2 aromatic rings. The lowest BCUT2D eigenvalue weighted by atomic mass is 9.85. The molecular weight excluding hydrogens is 364 g/mol. The van der Waals surface area contributed by atoms with Gasteiger partial charge in [0.05, 0.1) is 24.7 Å². The van der Waals surface area contributed by atoms with E-state index in [1.54, 1.807) is 6.21 Å². The minimum Gasteiger partial charge on any atom is -0.493 e. The fourth-order valence-corrected chi connectivity index (χ4v) is 5.98. The van der Waals surface area contributed by atoms with Crippen molar-refractivity contribution in [2.75, 3.05) is 6.61 Å². The van der Waals surface area contributed by atoms with Crippen LogP contribution in [0.1, 0.15) is 25.3 Å². The second-order valence-corrected chi connectivity index (χ2v) is 8.59. The summed E-state index contributed by atoms with van der Waals surface area (Å²) in [5, 5.41) is 7.57. The molecule has 29 heavy (non-hydrogen) atoms. The Hall–Kier alpha value is -2.95. The van der Waals surface area contributed by atoms with E-state index >= 15 is 0 Å². The summed E-state index contributed by atoms with van der Waals surface area (Å²) < 4.78 is 5.78. The molecule has 2 saturated carbocycles. The van der Waals surface area contributed by atoms with Crippen molar-refractivity contribution >= 4 is 28.8 Å². The van der Waals surface area contributed by atoms with Crippen molar-refractivity contribution in [2.24, 2.45) is 34.2 Å². The van der Waals surface area contributed by atoms with Crippen molar-refractivity contribution in [3.63, 3.8) is 0 Å². The van der Waals surface area contributed by atoms with Gasteiger partial charge in [0.2, 0.25) is 0 Å². The quantitative estimate of drug-likeness (QED) is 0.457. The molecule has 0 aromatic heterocycles. The topological polar surface area (TPSA) is 59.0 Å². The molecule has 3 aliphatic carbocycles. The number of carbonyl (C=O) groups excluding carboxylic acids is 2. The lowest BCUT2D eigenvalue weighted by Crippen LogP contribution is -2.30. The Balaban J connectivity index is 1.37. The minimum atomic E-state index is -0.226. The number of rotatable bonds is 4. The summed E-state index contributed by atoms with van der Waals surface area (Å²) in [6, 6.07) is 11.9. The van der Waals surface area contributed by atoms with Crippen LogP contribution in [-0.2, 0) is 9.59 Å². The molecule has 2 amide bonds. The number of hydrogen-bond acceptors (Lipinski definition) is 4. The smallest absolute Gasteiger partial charge is 0.254 e. The normalized spacial score (nSPS) is 30.9. The Morgan fingerprint density at radius 2 is 1.76 bits per heavy atom. The second-order valence-electron chi connectivity index (χ2n) is 8.59. The minimum absolute atomic E-state index is 0.141. The third-order valence-electron chi connectivity index (χ3n) is 7.36. The molecule has 1 heterocycles. The largest absolute Gasteiger partial charge is 0.493 e. The summed E-state index contributed by atoms with van der Waals surface area (Å²) in [5.41, 5.74) is 0.996. The third-order valence-corrected chi connectivity index (χ3v) is 7.36. The van der Waals surface area contributed by atoms with Crippen molar-refractivity contribution < 1.29 is 14.3 Å². The second kappa shape index (κ2) is 5.78. The molecule has 0 radical (unpaired) electrons. The number of benzene rings is 2. The molecule has 0 unspecified atom stereocenters. The fourth-order valence-electron chi connectivity index (χ4n) is 5.98. The first-order valence-corrected chi connectivity index (χ1v) is 10.4. The number of hydrogen-bond donors (Lipinski definition) is 0. The van der Waals surface area contributed by atoms with E-state index in [9.17, 15) is 9.59 Å². The predicted molar refractivity (Wildman–Crippen MR) is 109 cm³/mol. The van der Waals surface area contributed by atoms with E-state index in [0.29, 0.717) is 12.4 Å². The highest BCUT2D eigenvalue weighted by atomic mass is 16.5. The highest BCUT2D eigenvalue weighted by Crippen LogP contribution is 2.73. The number of imide groups is 1. The van der Waals surface area contributed by atoms with Gasteiger partial charge in [-0.15, -0.1) is 0 Å². The van der Waals surface area contributed by atoms with Gasteiger partial charge >= 0.3 is 0 Å². The van der Waals surface area contributed by atoms with E-state index in [4.69, 9.17) is 4.74 Å². The SMILES string of the molecule is CCOc1ccc2ccccc2c1/C=N\N1C(=O)[C@H]2[C@H](C1=O)[C@H]1C=C[C@H]2C12CC2. The van der Waals surface area contributed by atoms with Gasteiger partial charge in [-0.1, -0.05) is 42.5 Å². The van der Waals surface area contributed by atoms with Gasteiger partial charge in [-0.25, -0.2) is 0 Å². The third kappa shape index (κ3) is 2.13. The van der Waals surface area contributed by atoms with Crippen LogP contribution in [-0.4, -0.2) is 29.6 Å². The molecule has 3 fully saturated rings. The van der Waals surface area contributed by atoms with E-state index in [1.807, 2.05) is 43.3 Å². The monoisotopic (exact) mass is 386 g/mol. The molecule has 5 heteroatoms. The molecule has 6 rings (SSSR count). The Kier molecular flexibility index (Phi) is 3.38. The standard InChI is InChI=1S/C24H22N2O3/c1-2-29-19-10-7-14-5-3-4-6-15(14)16(19)13-25-26-22(27)20-17-8-9-18(21(20)23(26)28)24(17)11-12-24/h3-10,13,17-18,20-21H,2,11-12H2,1H3/b25-13-/t17-,18-,20-,21-/m1/s1.